The summed E-state index contributed by atoms with van der Waals surface area (Å²) >= 11 is 0. The third-order valence-electron chi connectivity index (χ3n) is 5.12. The molecule has 0 unspecified atom stereocenters. The molecule has 0 amide bonds. The standard InChI is InChI=1S/C20H31N3O3.HI/c1-20(13-25-14-20)12-23-19(21-2)22-11-15-8-9-17(24-3)10-18(15)26-16-6-4-5-7-16;/h8-10,16H,4-7,11-14H2,1-3H3,(H2,21,22,23);1H. The Bertz CT molecular complexity index is 629. The minimum Gasteiger partial charge on any atom is -0.497 e. The van der Waals surface area contributed by atoms with E-state index in [4.69, 9.17) is 14.2 Å². The van der Waals surface area contributed by atoms with Crippen LogP contribution in [0.2, 0.25) is 0 Å². The maximum Gasteiger partial charge on any atom is 0.191 e. The lowest BCUT2D eigenvalue weighted by Crippen LogP contribution is -2.50. The van der Waals surface area contributed by atoms with Gasteiger partial charge in [-0.2, -0.15) is 0 Å². The zero-order chi connectivity index (χ0) is 18.4. The predicted octanol–water partition coefficient (Wildman–Crippen LogP) is 3.34. The van der Waals surface area contributed by atoms with Crippen LogP contribution >= 0.6 is 24.0 Å². The van der Waals surface area contributed by atoms with Gasteiger partial charge < -0.3 is 24.8 Å². The molecule has 0 radical (unpaired) electrons. The quantitative estimate of drug-likeness (QED) is 0.350. The molecule has 1 aromatic rings. The number of hydrogen-bond acceptors (Lipinski definition) is 4. The van der Waals surface area contributed by atoms with E-state index < -0.39 is 0 Å². The fraction of sp³-hybridized carbons (Fsp3) is 0.650. The van der Waals surface area contributed by atoms with Crippen LogP contribution in [0.5, 0.6) is 11.5 Å². The molecule has 7 heteroatoms. The van der Waals surface area contributed by atoms with Crippen molar-refractivity contribution in [2.24, 2.45) is 10.4 Å². The van der Waals surface area contributed by atoms with Crippen molar-refractivity contribution in [2.75, 3.05) is 33.9 Å². The van der Waals surface area contributed by atoms with E-state index >= 15 is 0 Å². The van der Waals surface area contributed by atoms with Crippen molar-refractivity contribution in [3.63, 3.8) is 0 Å². The summed E-state index contributed by atoms with van der Waals surface area (Å²) in [6.45, 7) is 5.32. The van der Waals surface area contributed by atoms with Gasteiger partial charge in [0, 0.05) is 37.2 Å². The summed E-state index contributed by atoms with van der Waals surface area (Å²) in [6, 6.07) is 6.02. The zero-order valence-electron chi connectivity index (χ0n) is 16.5. The molecule has 2 N–H and O–H groups in total. The first-order chi connectivity index (χ1) is 12.6. The second kappa shape index (κ2) is 10.4. The number of benzene rings is 1. The van der Waals surface area contributed by atoms with Gasteiger partial charge >= 0.3 is 0 Å². The minimum atomic E-state index is 0. The van der Waals surface area contributed by atoms with Crippen LogP contribution in [0.25, 0.3) is 0 Å². The third kappa shape index (κ3) is 6.14. The number of hydrogen-bond donors (Lipinski definition) is 2. The molecule has 152 valence electrons. The van der Waals surface area contributed by atoms with Crippen molar-refractivity contribution < 1.29 is 14.2 Å². The highest BCUT2D eigenvalue weighted by Gasteiger charge is 2.33. The smallest absolute Gasteiger partial charge is 0.191 e. The molecule has 0 aromatic heterocycles. The fourth-order valence-electron chi connectivity index (χ4n) is 3.35. The third-order valence-corrected chi connectivity index (χ3v) is 5.12. The van der Waals surface area contributed by atoms with Crippen molar-refractivity contribution in [1.82, 2.24) is 10.6 Å². The molecule has 1 heterocycles. The highest BCUT2D eigenvalue weighted by molar-refractivity contribution is 14.0. The molecular weight excluding hydrogens is 457 g/mol. The van der Waals surface area contributed by atoms with E-state index in [2.05, 4.69) is 28.6 Å². The Hall–Kier alpha value is -1.22. The van der Waals surface area contributed by atoms with Gasteiger partial charge in [-0.3, -0.25) is 4.99 Å². The summed E-state index contributed by atoms with van der Waals surface area (Å²) in [5.74, 6) is 2.52. The van der Waals surface area contributed by atoms with Gasteiger partial charge in [0.2, 0.25) is 0 Å². The SMILES string of the molecule is CN=C(NCc1ccc(OC)cc1OC1CCCC1)NCC1(C)COC1.I. The maximum atomic E-state index is 6.26. The number of halogens is 1. The van der Waals surface area contributed by atoms with Crippen LogP contribution in [0.3, 0.4) is 0 Å². The van der Waals surface area contributed by atoms with E-state index in [1.165, 1.54) is 12.8 Å². The Kier molecular flexibility index (Phi) is 8.47. The largest absolute Gasteiger partial charge is 0.497 e. The number of rotatable bonds is 7. The lowest BCUT2D eigenvalue weighted by molar-refractivity contribution is -0.0971. The van der Waals surface area contributed by atoms with Crippen molar-refractivity contribution in [2.45, 2.75) is 45.3 Å². The molecule has 2 aliphatic rings. The molecule has 1 aliphatic heterocycles. The maximum absolute atomic E-state index is 6.26. The van der Waals surface area contributed by atoms with Gasteiger partial charge in [-0.25, -0.2) is 0 Å². The van der Waals surface area contributed by atoms with Gasteiger partial charge in [-0.1, -0.05) is 6.92 Å². The average molecular weight is 489 g/mol. The Morgan fingerprint density at radius 3 is 2.59 bits per heavy atom. The van der Waals surface area contributed by atoms with E-state index in [0.717, 1.165) is 55.6 Å². The van der Waals surface area contributed by atoms with Crippen LogP contribution in [-0.2, 0) is 11.3 Å². The van der Waals surface area contributed by atoms with Crippen LogP contribution < -0.4 is 20.1 Å². The molecule has 0 atom stereocenters. The first kappa shape index (κ1) is 22.1. The molecule has 1 aromatic carbocycles. The zero-order valence-corrected chi connectivity index (χ0v) is 18.9. The number of aliphatic imine (C=N–C) groups is 1. The fourth-order valence-corrected chi connectivity index (χ4v) is 3.35. The molecule has 0 bridgehead atoms. The van der Waals surface area contributed by atoms with Gasteiger partial charge in [0.15, 0.2) is 5.96 Å². The normalized spacial score (nSPS) is 19.0. The molecule has 1 aliphatic carbocycles. The van der Waals surface area contributed by atoms with E-state index in [1.54, 1.807) is 14.2 Å². The summed E-state index contributed by atoms with van der Waals surface area (Å²) in [6.07, 6.45) is 5.08. The average Bonchev–Trinajstić information content (AvgIpc) is 3.14. The Morgan fingerprint density at radius 2 is 2.00 bits per heavy atom. The number of ether oxygens (including phenoxy) is 3. The number of guanidine groups is 1. The van der Waals surface area contributed by atoms with Gasteiger partial charge in [0.1, 0.15) is 11.5 Å². The molecular formula is C20H32IN3O3. The molecule has 1 saturated carbocycles. The van der Waals surface area contributed by atoms with Gasteiger partial charge in [0.05, 0.1) is 26.4 Å². The summed E-state index contributed by atoms with van der Waals surface area (Å²) in [5.41, 5.74) is 1.31. The summed E-state index contributed by atoms with van der Waals surface area (Å²) in [5, 5.41) is 6.78. The summed E-state index contributed by atoms with van der Waals surface area (Å²) in [7, 11) is 3.47. The highest BCUT2D eigenvalue weighted by atomic mass is 127. The van der Waals surface area contributed by atoms with E-state index in [9.17, 15) is 0 Å². The van der Waals surface area contributed by atoms with Gasteiger partial charge in [0.25, 0.3) is 0 Å². The van der Waals surface area contributed by atoms with Crippen LogP contribution in [-0.4, -0.2) is 46.0 Å². The molecule has 1 saturated heterocycles. The van der Waals surface area contributed by atoms with Crippen molar-refractivity contribution in [3.05, 3.63) is 23.8 Å². The monoisotopic (exact) mass is 489 g/mol. The molecule has 6 nitrogen and oxygen atoms in total. The predicted molar refractivity (Wildman–Crippen MR) is 118 cm³/mol. The molecule has 3 rings (SSSR count). The topological polar surface area (TPSA) is 64.1 Å². The minimum absolute atomic E-state index is 0. The van der Waals surface area contributed by atoms with Crippen LogP contribution in [0, 0.1) is 5.41 Å². The lowest BCUT2D eigenvalue weighted by atomic mass is 9.89. The van der Waals surface area contributed by atoms with Gasteiger partial charge in [-0.15, -0.1) is 24.0 Å². The summed E-state index contributed by atoms with van der Waals surface area (Å²) in [4.78, 5) is 4.32. The van der Waals surface area contributed by atoms with Crippen molar-refractivity contribution in [1.29, 1.82) is 0 Å². The first-order valence-corrected chi connectivity index (χ1v) is 9.48. The van der Waals surface area contributed by atoms with Crippen LogP contribution in [0.1, 0.15) is 38.2 Å². The molecule has 2 fully saturated rings. The highest BCUT2D eigenvalue weighted by Crippen LogP contribution is 2.30. The van der Waals surface area contributed by atoms with E-state index in [0.29, 0.717) is 12.6 Å². The lowest BCUT2D eigenvalue weighted by Gasteiger charge is -2.38. The van der Waals surface area contributed by atoms with Crippen LogP contribution in [0.4, 0.5) is 0 Å². The Labute approximate surface area is 179 Å². The van der Waals surface area contributed by atoms with E-state index in [-0.39, 0.29) is 29.4 Å². The van der Waals surface area contributed by atoms with Crippen molar-refractivity contribution >= 4 is 29.9 Å². The molecule has 0 spiro atoms. The molecule has 27 heavy (non-hydrogen) atoms. The Balaban J connectivity index is 0.00000261. The number of nitrogens with zero attached hydrogens (tertiary/aromatic N) is 1. The second-order valence-corrected chi connectivity index (χ2v) is 7.58. The van der Waals surface area contributed by atoms with Gasteiger partial charge in [-0.05, 0) is 37.8 Å². The van der Waals surface area contributed by atoms with E-state index in [1.807, 2.05) is 12.1 Å². The number of methoxy groups -OCH3 is 1. The van der Waals surface area contributed by atoms with Crippen molar-refractivity contribution in [3.8, 4) is 11.5 Å². The first-order valence-electron chi connectivity index (χ1n) is 9.48. The summed E-state index contributed by atoms with van der Waals surface area (Å²) < 4.78 is 16.9. The Morgan fingerprint density at radius 1 is 1.26 bits per heavy atom. The second-order valence-electron chi connectivity index (χ2n) is 7.58. The number of nitrogens with one attached hydrogen (secondary N) is 2. The van der Waals surface area contributed by atoms with Crippen LogP contribution in [0.15, 0.2) is 23.2 Å².